The van der Waals surface area contributed by atoms with Crippen LogP contribution in [0.15, 0.2) is 42.5 Å². The summed E-state index contributed by atoms with van der Waals surface area (Å²) in [4.78, 5) is 26.6. The minimum atomic E-state index is -4.66. The second-order valence-electron chi connectivity index (χ2n) is 7.43. The molecule has 0 N–H and O–H groups in total. The van der Waals surface area contributed by atoms with Crippen LogP contribution in [0, 0.1) is 10.1 Å². The van der Waals surface area contributed by atoms with Gasteiger partial charge in [-0.15, -0.1) is 0 Å². The largest absolute Gasteiger partial charge is 0.491 e. The quantitative estimate of drug-likeness (QED) is 0.513. The van der Waals surface area contributed by atoms with E-state index in [1.54, 1.807) is 34.1 Å². The Hall–Kier alpha value is -3.30. The Morgan fingerprint density at radius 2 is 1.77 bits per heavy atom. The number of piperazine rings is 1. The summed E-state index contributed by atoms with van der Waals surface area (Å²) in [6.45, 7) is 4.86. The summed E-state index contributed by atoms with van der Waals surface area (Å²) in [5, 5.41) is 11.3. The first-order valence-electron chi connectivity index (χ1n) is 9.73. The van der Waals surface area contributed by atoms with Gasteiger partial charge in [0, 0.05) is 37.8 Å². The second kappa shape index (κ2) is 8.83. The molecule has 0 aromatic heterocycles. The molecule has 3 rings (SSSR count). The van der Waals surface area contributed by atoms with Gasteiger partial charge in [0.1, 0.15) is 11.4 Å². The van der Waals surface area contributed by atoms with E-state index in [9.17, 15) is 28.1 Å². The van der Waals surface area contributed by atoms with Gasteiger partial charge in [0.2, 0.25) is 0 Å². The summed E-state index contributed by atoms with van der Waals surface area (Å²) >= 11 is 0. The number of amides is 1. The maximum atomic E-state index is 12.9. The molecule has 7 nitrogen and oxygen atoms in total. The maximum absolute atomic E-state index is 12.9. The number of hydrogen-bond acceptors (Lipinski definition) is 5. The Kier molecular flexibility index (Phi) is 6.37. The normalized spacial score (nSPS) is 14.6. The van der Waals surface area contributed by atoms with Crippen molar-refractivity contribution in [1.29, 1.82) is 0 Å². The van der Waals surface area contributed by atoms with Crippen molar-refractivity contribution >= 4 is 17.3 Å². The smallest absolute Gasteiger partial charge is 0.416 e. The minimum Gasteiger partial charge on any atom is -0.491 e. The zero-order valence-corrected chi connectivity index (χ0v) is 17.1. The van der Waals surface area contributed by atoms with Crippen molar-refractivity contribution in [2.75, 3.05) is 31.1 Å². The molecule has 1 aliphatic rings. The molecular formula is C21H22F3N3O4. The molecule has 1 aliphatic heterocycles. The SMILES string of the molecule is CC(C)Oc1cccc(C(=O)N2CCN(c3ccc(C(F)(F)F)cc3[N+](=O)[O-])CC2)c1. The molecule has 0 bridgehead atoms. The first-order chi connectivity index (χ1) is 14.6. The van der Waals surface area contributed by atoms with E-state index in [4.69, 9.17) is 4.74 Å². The van der Waals surface area contributed by atoms with Crippen LogP contribution < -0.4 is 9.64 Å². The van der Waals surface area contributed by atoms with E-state index in [1.165, 1.54) is 0 Å². The fourth-order valence-corrected chi connectivity index (χ4v) is 3.42. The number of carbonyl (C=O) groups is 1. The molecular weight excluding hydrogens is 415 g/mol. The lowest BCUT2D eigenvalue weighted by molar-refractivity contribution is -0.384. The van der Waals surface area contributed by atoms with Gasteiger partial charge in [-0.05, 0) is 44.2 Å². The predicted octanol–water partition coefficient (Wildman–Crippen LogP) is 4.36. The van der Waals surface area contributed by atoms with Gasteiger partial charge in [-0.1, -0.05) is 6.07 Å². The van der Waals surface area contributed by atoms with Gasteiger partial charge in [0.15, 0.2) is 0 Å². The van der Waals surface area contributed by atoms with Gasteiger partial charge in [0.05, 0.1) is 16.6 Å². The minimum absolute atomic E-state index is 0.0339. The molecule has 1 amide bonds. The Morgan fingerprint density at radius 3 is 2.35 bits per heavy atom. The number of nitrogens with zero attached hydrogens (tertiary/aromatic N) is 3. The highest BCUT2D eigenvalue weighted by Gasteiger charge is 2.34. The van der Waals surface area contributed by atoms with E-state index in [0.717, 1.165) is 12.1 Å². The van der Waals surface area contributed by atoms with Gasteiger partial charge >= 0.3 is 6.18 Å². The van der Waals surface area contributed by atoms with Crippen LogP contribution in [-0.4, -0.2) is 48.0 Å². The molecule has 2 aromatic rings. The molecule has 2 aromatic carbocycles. The average molecular weight is 437 g/mol. The fourth-order valence-electron chi connectivity index (χ4n) is 3.42. The van der Waals surface area contributed by atoms with E-state index in [-0.39, 0.29) is 43.9 Å². The topological polar surface area (TPSA) is 75.9 Å². The molecule has 0 spiro atoms. The summed E-state index contributed by atoms with van der Waals surface area (Å²) in [6, 6.07) is 9.33. The van der Waals surface area contributed by atoms with Gasteiger partial charge in [-0.25, -0.2) is 0 Å². The van der Waals surface area contributed by atoms with E-state index < -0.39 is 22.4 Å². The van der Waals surface area contributed by atoms with Crippen LogP contribution in [-0.2, 0) is 6.18 Å². The van der Waals surface area contributed by atoms with Crippen LogP contribution >= 0.6 is 0 Å². The average Bonchev–Trinajstić information content (AvgIpc) is 2.72. The third kappa shape index (κ3) is 5.25. The standard InChI is InChI=1S/C21H22F3N3O4/c1-14(2)31-17-5-3-4-15(12-17)20(28)26-10-8-25(9-11-26)18-7-6-16(21(22,23)24)13-19(18)27(29)30/h3-7,12-14H,8-11H2,1-2H3. The Morgan fingerprint density at radius 1 is 1.10 bits per heavy atom. The molecule has 1 saturated heterocycles. The maximum Gasteiger partial charge on any atom is 0.416 e. The Labute approximate surface area is 177 Å². The molecule has 0 radical (unpaired) electrons. The van der Waals surface area contributed by atoms with Crippen molar-refractivity contribution in [3.8, 4) is 5.75 Å². The highest BCUT2D eigenvalue weighted by atomic mass is 19.4. The van der Waals surface area contributed by atoms with Crippen LogP contribution in [0.5, 0.6) is 5.75 Å². The van der Waals surface area contributed by atoms with E-state index in [2.05, 4.69) is 0 Å². The lowest BCUT2D eigenvalue weighted by atomic mass is 10.1. The molecule has 1 fully saturated rings. The Balaban J connectivity index is 1.72. The number of halogens is 3. The molecule has 31 heavy (non-hydrogen) atoms. The van der Waals surface area contributed by atoms with Crippen molar-refractivity contribution < 1.29 is 27.6 Å². The zero-order chi connectivity index (χ0) is 22.8. The number of rotatable bonds is 5. The number of ether oxygens (including phenoxy) is 1. The van der Waals surface area contributed by atoms with Crippen molar-refractivity contribution in [1.82, 2.24) is 4.90 Å². The molecule has 10 heteroatoms. The lowest BCUT2D eigenvalue weighted by Gasteiger charge is -2.36. The Bertz CT molecular complexity index is 971. The van der Waals surface area contributed by atoms with Crippen molar-refractivity contribution in [2.45, 2.75) is 26.1 Å². The number of alkyl halides is 3. The highest BCUT2D eigenvalue weighted by Crippen LogP contribution is 2.36. The van der Waals surface area contributed by atoms with Crippen LogP contribution in [0.2, 0.25) is 0 Å². The summed E-state index contributed by atoms with van der Waals surface area (Å²) < 4.78 is 44.4. The summed E-state index contributed by atoms with van der Waals surface area (Å²) in [7, 11) is 0. The second-order valence-corrected chi connectivity index (χ2v) is 7.43. The first kappa shape index (κ1) is 22.4. The number of anilines is 1. The summed E-state index contributed by atoms with van der Waals surface area (Å²) in [5.74, 6) is 0.385. The fraction of sp³-hybridized carbons (Fsp3) is 0.381. The molecule has 0 aliphatic carbocycles. The first-order valence-corrected chi connectivity index (χ1v) is 9.73. The van der Waals surface area contributed by atoms with E-state index in [1.807, 2.05) is 13.8 Å². The molecule has 0 atom stereocenters. The highest BCUT2D eigenvalue weighted by molar-refractivity contribution is 5.94. The number of nitro benzene ring substituents is 1. The van der Waals surface area contributed by atoms with Crippen LogP contribution in [0.25, 0.3) is 0 Å². The lowest BCUT2D eigenvalue weighted by Crippen LogP contribution is -2.49. The molecule has 0 unspecified atom stereocenters. The summed E-state index contributed by atoms with van der Waals surface area (Å²) in [5.41, 5.74) is -1.10. The van der Waals surface area contributed by atoms with Crippen LogP contribution in [0.1, 0.15) is 29.8 Å². The number of benzene rings is 2. The van der Waals surface area contributed by atoms with Crippen LogP contribution in [0.3, 0.4) is 0 Å². The third-order valence-electron chi connectivity index (χ3n) is 4.86. The number of carbonyl (C=O) groups excluding carboxylic acids is 1. The molecule has 0 saturated carbocycles. The van der Waals surface area contributed by atoms with Crippen molar-refractivity contribution in [3.05, 3.63) is 63.7 Å². The monoisotopic (exact) mass is 437 g/mol. The number of nitro groups is 1. The van der Waals surface area contributed by atoms with Gasteiger partial charge in [-0.3, -0.25) is 14.9 Å². The molecule has 166 valence electrons. The van der Waals surface area contributed by atoms with E-state index in [0.29, 0.717) is 17.4 Å². The van der Waals surface area contributed by atoms with Crippen molar-refractivity contribution in [2.24, 2.45) is 0 Å². The molecule has 1 heterocycles. The van der Waals surface area contributed by atoms with Gasteiger partial charge < -0.3 is 14.5 Å². The van der Waals surface area contributed by atoms with Gasteiger partial charge in [0.25, 0.3) is 11.6 Å². The zero-order valence-electron chi connectivity index (χ0n) is 17.1. The summed E-state index contributed by atoms with van der Waals surface area (Å²) in [6.07, 6.45) is -4.70. The van der Waals surface area contributed by atoms with Crippen molar-refractivity contribution in [3.63, 3.8) is 0 Å². The van der Waals surface area contributed by atoms with Gasteiger partial charge in [-0.2, -0.15) is 13.2 Å². The van der Waals surface area contributed by atoms with Crippen LogP contribution in [0.4, 0.5) is 24.5 Å². The number of hydrogen-bond donors (Lipinski definition) is 0. The predicted molar refractivity (Wildman–Crippen MR) is 108 cm³/mol. The third-order valence-corrected chi connectivity index (χ3v) is 4.86. The van der Waals surface area contributed by atoms with E-state index >= 15 is 0 Å².